The quantitative estimate of drug-likeness (QED) is 0.328. The molecule has 0 atom stereocenters. The Hall–Kier alpha value is -3.58. The molecule has 0 bridgehead atoms. The lowest BCUT2D eigenvalue weighted by Gasteiger charge is -2.18. The van der Waals surface area contributed by atoms with Crippen molar-refractivity contribution in [3.8, 4) is 5.75 Å². The number of fused-ring (bicyclic) bond motifs is 2. The summed E-state index contributed by atoms with van der Waals surface area (Å²) in [6.07, 6.45) is 0.782. The number of rotatable bonds is 4. The Kier molecular flexibility index (Phi) is 5.09. The van der Waals surface area contributed by atoms with Crippen LogP contribution in [0.4, 0.5) is 5.69 Å². The van der Waals surface area contributed by atoms with Crippen molar-refractivity contribution in [2.75, 3.05) is 5.43 Å². The molecule has 32 heavy (non-hydrogen) atoms. The van der Waals surface area contributed by atoms with Crippen molar-refractivity contribution < 1.29 is 35.8 Å². The van der Waals surface area contributed by atoms with Crippen LogP contribution in [0.2, 0.25) is 0 Å². The summed E-state index contributed by atoms with van der Waals surface area (Å²) in [5, 5.41) is 15.6. The van der Waals surface area contributed by atoms with Gasteiger partial charge in [-0.3, -0.25) is 19.3 Å². The molecule has 0 fully saturated rings. The van der Waals surface area contributed by atoms with Crippen molar-refractivity contribution in [1.29, 1.82) is 0 Å². The van der Waals surface area contributed by atoms with Crippen LogP contribution in [0.25, 0.3) is 16.8 Å². The van der Waals surface area contributed by atoms with E-state index in [4.69, 9.17) is 0 Å². The molecule has 4 rings (SSSR count). The highest BCUT2D eigenvalue weighted by Gasteiger charge is 2.35. The van der Waals surface area contributed by atoms with Crippen molar-refractivity contribution in [1.82, 2.24) is 0 Å². The van der Waals surface area contributed by atoms with E-state index in [2.05, 4.69) is 10.5 Å². The molecule has 3 aromatic carbocycles. The lowest BCUT2D eigenvalue weighted by atomic mass is 9.94. The fourth-order valence-electron chi connectivity index (χ4n) is 3.31. The fraction of sp³-hybridized carbons (Fsp3) is 0. The van der Waals surface area contributed by atoms with Gasteiger partial charge < -0.3 is 5.11 Å². The van der Waals surface area contributed by atoms with E-state index < -0.39 is 52.8 Å². The molecule has 0 heterocycles. The Balaban J connectivity index is 1.89. The molecule has 164 valence electrons. The normalized spacial score (nSPS) is 15.5. The van der Waals surface area contributed by atoms with Crippen LogP contribution in [0.15, 0.2) is 69.5 Å². The number of phenols is 1. The van der Waals surface area contributed by atoms with Crippen molar-refractivity contribution in [2.24, 2.45) is 5.10 Å². The molecule has 0 aromatic heterocycles. The Morgan fingerprint density at radius 2 is 1.56 bits per heavy atom. The van der Waals surface area contributed by atoms with E-state index in [0.29, 0.717) is 11.8 Å². The first-order chi connectivity index (χ1) is 15.0. The fourth-order valence-corrected chi connectivity index (χ4v) is 4.51. The molecular weight excluding hydrogens is 460 g/mol. The highest BCUT2D eigenvalue weighted by atomic mass is 32.2. The summed E-state index contributed by atoms with van der Waals surface area (Å²) in [5.41, 5.74) is 1.55. The van der Waals surface area contributed by atoms with Crippen LogP contribution in [0, 0.1) is 0 Å². The zero-order valence-corrected chi connectivity index (χ0v) is 17.6. The van der Waals surface area contributed by atoms with Gasteiger partial charge in [0.25, 0.3) is 20.2 Å². The maximum absolute atomic E-state index is 13.0. The van der Waals surface area contributed by atoms with Gasteiger partial charge in [0, 0.05) is 11.5 Å². The second-order valence-corrected chi connectivity index (χ2v) is 9.60. The number of aromatic hydroxyl groups is 1. The minimum absolute atomic E-state index is 0.334. The SMILES string of the molecule is O=C1/C(=N/Nc2cccc3ccccc23)C(S(=O)(=O)O)=Cc2cc(S(=O)(=O)O)cc(O)c21. The van der Waals surface area contributed by atoms with Crippen LogP contribution in [0.5, 0.6) is 5.75 Å². The molecule has 0 saturated carbocycles. The largest absolute Gasteiger partial charge is 0.507 e. The summed E-state index contributed by atoms with van der Waals surface area (Å²) < 4.78 is 65.5. The van der Waals surface area contributed by atoms with Gasteiger partial charge in [-0.15, -0.1) is 0 Å². The van der Waals surface area contributed by atoms with Gasteiger partial charge in [0.05, 0.1) is 16.1 Å². The first kappa shape index (κ1) is 21.6. The number of allylic oxidation sites excluding steroid dienone is 1. The molecule has 0 aliphatic heterocycles. The van der Waals surface area contributed by atoms with E-state index in [1.165, 1.54) is 0 Å². The number of hydrogen-bond donors (Lipinski definition) is 4. The number of phenolic OH excluding ortho intramolecular Hbond substituents is 1. The summed E-state index contributed by atoms with van der Waals surface area (Å²) in [5.74, 6) is -1.90. The standard InChI is InChI=1S/C20H14N2O8S2/c23-16-10-13(31(25,26)27)8-12-9-17(32(28,29)30)19(20(24)18(12)16)22-21-15-7-3-5-11-4-1-2-6-14(11)15/h1-10,21,23H,(H,25,26,27)(H,28,29,30)/b22-19+. The summed E-state index contributed by atoms with van der Waals surface area (Å²) in [6.45, 7) is 0. The highest BCUT2D eigenvalue weighted by molar-refractivity contribution is 7.91. The molecule has 1 aliphatic rings. The van der Waals surface area contributed by atoms with Gasteiger partial charge in [0.1, 0.15) is 10.7 Å². The average molecular weight is 474 g/mol. The zero-order valence-electron chi connectivity index (χ0n) is 15.9. The maximum Gasteiger partial charge on any atom is 0.296 e. The number of carbonyl (C=O) groups is 1. The molecular formula is C20H14N2O8S2. The van der Waals surface area contributed by atoms with Gasteiger partial charge in [0.2, 0.25) is 5.78 Å². The third kappa shape index (κ3) is 3.87. The molecule has 1 aliphatic carbocycles. The summed E-state index contributed by atoms with van der Waals surface area (Å²) in [4.78, 5) is 11.3. The summed E-state index contributed by atoms with van der Waals surface area (Å²) in [6, 6.07) is 13.8. The molecule has 10 nitrogen and oxygen atoms in total. The second-order valence-electron chi connectivity index (χ2n) is 6.79. The van der Waals surface area contributed by atoms with Crippen molar-refractivity contribution in [3.63, 3.8) is 0 Å². The van der Waals surface area contributed by atoms with Crippen molar-refractivity contribution in [2.45, 2.75) is 4.90 Å². The molecule has 0 saturated heterocycles. The van der Waals surface area contributed by atoms with Crippen molar-refractivity contribution >= 4 is 54.3 Å². The van der Waals surface area contributed by atoms with E-state index >= 15 is 0 Å². The summed E-state index contributed by atoms with van der Waals surface area (Å²) in [7, 11) is -9.75. The van der Waals surface area contributed by atoms with Gasteiger partial charge in [0.15, 0.2) is 5.71 Å². The Bertz CT molecular complexity index is 1570. The van der Waals surface area contributed by atoms with Gasteiger partial charge in [-0.05, 0) is 29.2 Å². The lowest BCUT2D eigenvalue weighted by Crippen LogP contribution is -2.27. The smallest absolute Gasteiger partial charge is 0.296 e. The van der Waals surface area contributed by atoms with Crippen LogP contribution in [-0.2, 0) is 20.2 Å². The van der Waals surface area contributed by atoms with Gasteiger partial charge in [-0.25, -0.2) is 0 Å². The van der Waals surface area contributed by atoms with E-state index in [0.717, 1.165) is 22.9 Å². The third-order valence-corrected chi connectivity index (χ3v) is 6.44. The topological polar surface area (TPSA) is 170 Å². The number of hydrazone groups is 1. The van der Waals surface area contributed by atoms with Crippen LogP contribution in [0.1, 0.15) is 15.9 Å². The number of nitrogens with zero attached hydrogens (tertiary/aromatic N) is 1. The van der Waals surface area contributed by atoms with E-state index in [9.17, 15) is 35.8 Å². The predicted octanol–water partition coefficient (Wildman–Crippen LogP) is 2.69. The van der Waals surface area contributed by atoms with Gasteiger partial charge in [-0.2, -0.15) is 21.9 Å². The zero-order chi connectivity index (χ0) is 23.3. The van der Waals surface area contributed by atoms with Crippen molar-refractivity contribution in [3.05, 3.63) is 70.6 Å². The predicted molar refractivity (Wildman–Crippen MR) is 117 cm³/mol. The summed E-state index contributed by atoms with van der Waals surface area (Å²) >= 11 is 0. The van der Waals surface area contributed by atoms with E-state index in [1.807, 2.05) is 18.2 Å². The van der Waals surface area contributed by atoms with Gasteiger partial charge >= 0.3 is 0 Å². The molecule has 12 heteroatoms. The number of ketones is 1. The van der Waals surface area contributed by atoms with Crippen LogP contribution in [-0.4, -0.2) is 42.5 Å². The maximum atomic E-state index is 13.0. The highest BCUT2D eigenvalue weighted by Crippen LogP contribution is 2.34. The van der Waals surface area contributed by atoms with Crippen LogP contribution in [0.3, 0.4) is 0 Å². The Morgan fingerprint density at radius 1 is 0.875 bits per heavy atom. The number of Topliss-reactive ketones (excluding diaryl/α,β-unsaturated/α-hetero) is 1. The number of anilines is 1. The van der Waals surface area contributed by atoms with Gasteiger partial charge in [-0.1, -0.05) is 36.4 Å². The minimum atomic E-state index is -4.98. The molecule has 0 amide bonds. The molecule has 3 aromatic rings. The van der Waals surface area contributed by atoms with E-state index in [-0.39, 0.29) is 5.56 Å². The molecule has 0 unspecified atom stereocenters. The first-order valence-electron chi connectivity index (χ1n) is 8.87. The van der Waals surface area contributed by atoms with E-state index in [1.54, 1.807) is 24.3 Å². The monoisotopic (exact) mass is 474 g/mol. The second kappa shape index (κ2) is 7.53. The average Bonchev–Trinajstić information content (AvgIpc) is 2.71. The van der Waals surface area contributed by atoms with Crippen LogP contribution < -0.4 is 5.43 Å². The molecule has 0 radical (unpaired) electrons. The molecule has 4 N–H and O–H groups in total. The van der Waals surface area contributed by atoms with Crippen LogP contribution >= 0.6 is 0 Å². The number of benzene rings is 3. The number of nitrogens with one attached hydrogen (secondary N) is 1. The number of carbonyl (C=O) groups excluding carboxylic acids is 1. The Labute approximate surface area is 182 Å². The Morgan fingerprint density at radius 3 is 2.25 bits per heavy atom. The lowest BCUT2D eigenvalue weighted by molar-refractivity contribution is 0.106. The first-order valence-corrected chi connectivity index (χ1v) is 11.7. The third-order valence-electron chi connectivity index (χ3n) is 4.74. The minimum Gasteiger partial charge on any atom is -0.507 e. The molecule has 0 spiro atoms. The number of hydrogen-bond acceptors (Lipinski definition) is 8.